The van der Waals surface area contributed by atoms with Crippen LogP contribution in [0.2, 0.25) is 0 Å². The van der Waals surface area contributed by atoms with Gasteiger partial charge in [-0.05, 0) is 62.6 Å². The third kappa shape index (κ3) is 3.81. The first kappa shape index (κ1) is 18.6. The average Bonchev–Trinajstić information content (AvgIpc) is 2.91. The van der Waals surface area contributed by atoms with Crippen LogP contribution < -0.4 is 5.32 Å². The fourth-order valence-corrected chi connectivity index (χ4v) is 2.75. The zero-order valence-corrected chi connectivity index (χ0v) is 15.5. The maximum absolute atomic E-state index is 13.9. The van der Waals surface area contributed by atoms with Crippen molar-refractivity contribution in [3.05, 3.63) is 53.6 Å². The number of pyridine rings is 1. The highest BCUT2D eigenvalue weighted by molar-refractivity contribution is 5.92. The SMILES string of the molecule is Cc1c(F)cccc1-c1ccc2nc(NC(=O)OC(C)(C)C)c(C=O)n2c1. The van der Waals surface area contributed by atoms with E-state index in [1.54, 1.807) is 62.6 Å². The molecule has 140 valence electrons. The highest BCUT2D eigenvalue weighted by Crippen LogP contribution is 2.27. The van der Waals surface area contributed by atoms with Gasteiger partial charge in [0.2, 0.25) is 0 Å². The van der Waals surface area contributed by atoms with E-state index >= 15 is 0 Å². The van der Waals surface area contributed by atoms with Gasteiger partial charge in [0.15, 0.2) is 12.1 Å². The maximum Gasteiger partial charge on any atom is 0.413 e. The van der Waals surface area contributed by atoms with E-state index in [0.717, 1.165) is 5.56 Å². The van der Waals surface area contributed by atoms with Gasteiger partial charge in [-0.15, -0.1) is 0 Å². The Balaban J connectivity index is 2.03. The number of amides is 1. The number of hydrogen-bond donors (Lipinski definition) is 1. The van der Waals surface area contributed by atoms with Crippen LogP contribution in [0.4, 0.5) is 15.0 Å². The molecule has 0 radical (unpaired) electrons. The highest BCUT2D eigenvalue weighted by Gasteiger charge is 2.20. The Kier molecular flexibility index (Phi) is 4.70. The summed E-state index contributed by atoms with van der Waals surface area (Å²) in [7, 11) is 0. The van der Waals surface area contributed by atoms with E-state index in [1.807, 2.05) is 0 Å². The summed E-state index contributed by atoms with van der Waals surface area (Å²) < 4.78 is 20.6. The maximum atomic E-state index is 13.9. The second-order valence-corrected chi connectivity index (χ2v) is 7.15. The molecule has 7 heteroatoms. The number of hydrogen-bond acceptors (Lipinski definition) is 4. The summed E-state index contributed by atoms with van der Waals surface area (Å²) in [4.78, 5) is 27.9. The average molecular weight is 369 g/mol. The molecule has 0 aliphatic rings. The van der Waals surface area contributed by atoms with Gasteiger partial charge in [0, 0.05) is 6.20 Å². The van der Waals surface area contributed by atoms with Crippen LogP contribution in [0, 0.1) is 12.7 Å². The molecule has 6 nitrogen and oxygen atoms in total. The molecule has 0 aliphatic heterocycles. The third-order valence-corrected chi connectivity index (χ3v) is 3.97. The number of carbonyl (C=O) groups excluding carboxylic acids is 2. The van der Waals surface area contributed by atoms with Crippen LogP contribution in [0.5, 0.6) is 0 Å². The van der Waals surface area contributed by atoms with Crippen LogP contribution in [-0.4, -0.2) is 27.4 Å². The number of carbonyl (C=O) groups is 2. The topological polar surface area (TPSA) is 72.7 Å². The second kappa shape index (κ2) is 6.83. The lowest BCUT2D eigenvalue weighted by Crippen LogP contribution is -2.27. The molecule has 0 saturated heterocycles. The van der Waals surface area contributed by atoms with E-state index in [1.165, 1.54) is 6.07 Å². The van der Waals surface area contributed by atoms with Crippen molar-refractivity contribution in [2.75, 3.05) is 5.32 Å². The summed E-state index contributed by atoms with van der Waals surface area (Å²) in [6.07, 6.45) is 1.60. The number of halogens is 1. The first-order valence-electron chi connectivity index (χ1n) is 8.42. The van der Waals surface area contributed by atoms with Gasteiger partial charge in [-0.3, -0.25) is 14.5 Å². The van der Waals surface area contributed by atoms with E-state index in [0.29, 0.717) is 23.1 Å². The van der Waals surface area contributed by atoms with Gasteiger partial charge in [0.05, 0.1) is 0 Å². The summed E-state index contributed by atoms with van der Waals surface area (Å²) in [5, 5.41) is 2.50. The van der Waals surface area contributed by atoms with Crippen LogP contribution in [0.1, 0.15) is 36.8 Å². The van der Waals surface area contributed by atoms with Crippen molar-refractivity contribution in [1.82, 2.24) is 9.38 Å². The highest BCUT2D eigenvalue weighted by atomic mass is 19.1. The van der Waals surface area contributed by atoms with E-state index in [9.17, 15) is 14.0 Å². The Hall–Kier alpha value is -3.22. The third-order valence-electron chi connectivity index (χ3n) is 3.97. The molecule has 0 saturated carbocycles. The molecule has 0 atom stereocenters. The van der Waals surface area contributed by atoms with Crippen molar-refractivity contribution < 1.29 is 18.7 Å². The number of rotatable bonds is 3. The Morgan fingerprint density at radius 2 is 2.00 bits per heavy atom. The fourth-order valence-electron chi connectivity index (χ4n) is 2.75. The molecule has 0 fully saturated rings. The lowest BCUT2D eigenvalue weighted by Gasteiger charge is -2.19. The minimum atomic E-state index is -0.699. The number of imidazole rings is 1. The lowest BCUT2D eigenvalue weighted by molar-refractivity contribution is 0.0635. The molecule has 2 aromatic heterocycles. The molecule has 3 rings (SSSR count). The minimum absolute atomic E-state index is 0.104. The van der Waals surface area contributed by atoms with Crippen LogP contribution >= 0.6 is 0 Å². The summed E-state index contributed by atoms with van der Waals surface area (Å²) in [5.41, 5.74) is 1.92. The van der Waals surface area contributed by atoms with Gasteiger partial charge in [-0.2, -0.15) is 0 Å². The van der Waals surface area contributed by atoms with Crippen molar-refractivity contribution in [3.63, 3.8) is 0 Å². The number of ether oxygens (including phenoxy) is 1. The van der Waals surface area contributed by atoms with Gasteiger partial charge >= 0.3 is 6.09 Å². The Morgan fingerprint density at radius 1 is 1.26 bits per heavy atom. The zero-order valence-electron chi connectivity index (χ0n) is 15.5. The van der Waals surface area contributed by atoms with E-state index in [4.69, 9.17) is 4.74 Å². The molecule has 2 heterocycles. The largest absolute Gasteiger partial charge is 0.444 e. The quantitative estimate of drug-likeness (QED) is 0.685. The van der Waals surface area contributed by atoms with Gasteiger partial charge in [0.1, 0.15) is 22.8 Å². The number of anilines is 1. The number of nitrogens with zero attached hydrogens (tertiary/aromatic N) is 2. The summed E-state index contributed by atoms with van der Waals surface area (Å²) in [5.74, 6) is -0.200. The van der Waals surface area contributed by atoms with Crippen LogP contribution in [0.15, 0.2) is 36.5 Å². The Morgan fingerprint density at radius 3 is 2.67 bits per heavy atom. The minimum Gasteiger partial charge on any atom is -0.444 e. The fraction of sp³-hybridized carbons (Fsp3) is 0.250. The lowest BCUT2D eigenvalue weighted by atomic mass is 10.0. The van der Waals surface area contributed by atoms with Gasteiger partial charge in [0.25, 0.3) is 0 Å². The number of benzene rings is 1. The van der Waals surface area contributed by atoms with Crippen molar-refractivity contribution in [2.24, 2.45) is 0 Å². The number of nitrogens with one attached hydrogen (secondary N) is 1. The molecule has 3 aromatic rings. The molecular formula is C20H20FN3O3. The standard InChI is InChI=1S/C20H20FN3O3/c1-12-14(6-5-7-15(12)21)13-8-9-17-22-18(16(11-25)24(17)10-13)23-19(26)27-20(2,3)4/h5-11H,1-4H3,(H,23,26). The van der Waals surface area contributed by atoms with Crippen LogP contribution in [-0.2, 0) is 4.74 Å². The predicted molar refractivity (Wildman–Crippen MR) is 101 cm³/mol. The molecular weight excluding hydrogens is 349 g/mol. The first-order chi connectivity index (χ1) is 12.7. The predicted octanol–water partition coefficient (Wildman–Crippen LogP) is 4.61. The van der Waals surface area contributed by atoms with Gasteiger partial charge < -0.3 is 4.74 Å². The van der Waals surface area contributed by atoms with E-state index in [-0.39, 0.29) is 17.3 Å². The van der Waals surface area contributed by atoms with Crippen molar-refractivity contribution >= 4 is 23.8 Å². The molecule has 1 amide bonds. The molecule has 0 bridgehead atoms. The molecule has 1 aromatic carbocycles. The number of fused-ring (bicyclic) bond motifs is 1. The van der Waals surface area contributed by atoms with Crippen LogP contribution in [0.25, 0.3) is 16.8 Å². The van der Waals surface area contributed by atoms with E-state index < -0.39 is 11.7 Å². The normalized spacial score (nSPS) is 11.4. The van der Waals surface area contributed by atoms with Crippen molar-refractivity contribution in [2.45, 2.75) is 33.3 Å². The van der Waals surface area contributed by atoms with Gasteiger partial charge in [-0.1, -0.05) is 12.1 Å². The Bertz CT molecular complexity index is 1030. The summed E-state index contributed by atoms with van der Waals surface area (Å²) in [6, 6.07) is 8.32. The molecule has 0 spiro atoms. The first-order valence-corrected chi connectivity index (χ1v) is 8.42. The summed E-state index contributed by atoms with van der Waals surface area (Å²) >= 11 is 0. The number of aromatic nitrogens is 2. The molecule has 0 unspecified atom stereocenters. The smallest absolute Gasteiger partial charge is 0.413 e. The molecule has 1 N–H and O–H groups in total. The zero-order chi connectivity index (χ0) is 19.8. The van der Waals surface area contributed by atoms with Crippen molar-refractivity contribution in [3.8, 4) is 11.1 Å². The monoisotopic (exact) mass is 369 g/mol. The molecule has 0 aliphatic carbocycles. The second-order valence-electron chi connectivity index (χ2n) is 7.15. The van der Waals surface area contributed by atoms with Crippen molar-refractivity contribution in [1.29, 1.82) is 0 Å². The van der Waals surface area contributed by atoms with Crippen LogP contribution in [0.3, 0.4) is 0 Å². The molecule has 27 heavy (non-hydrogen) atoms. The van der Waals surface area contributed by atoms with Gasteiger partial charge in [-0.25, -0.2) is 14.2 Å². The summed E-state index contributed by atoms with van der Waals surface area (Å²) in [6.45, 7) is 6.92. The van der Waals surface area contributed by atoms with E-state index in [2.05, 4.69) is 10.3 Å². The Labute approximate surface area is 156 Å². The number of aldehydes is 1.